The maximum Gasteiger partial charge on any atom is 0.270 e. The van der Waals surface area contributed by atoms with Crippen molar-refractivity contribution >= 4 is 5.91 Å². The number of rotatable bonds is 5. The number of carbonyl (C=O) groups is 1. The van der Waals surface area contributed by atoms with Gasteiger partial charge in [0.05, 0.1) is 6.04 Å². The Bertz CT molecular complexity index is 1100. The summed E-state index contributed by atoms with van der Waals surface area (Å²) in [7, 11) is 0. The van der Waals surface area contributed by atoms with Crippen LogP contribution in [0.1, 0.15) is 34.6 Å². The summed E-state index contributed by atoms with van der Waals surface area (Å²) < 4.78 is 0. The topological polar surface area (TPSA) is 57.8 Å². The Labute approximate surface area is 170 Å². The summed E-state index contributed by atoms with van der Waals surface area (Å²) in [5.74, 6) is 0.505. The van der Waals surface area contributed by atoms with E-state index in [1.165, 1.54) is 0 Å². The molecular formula is C25H23N3O. The number of aryl methyl sites for hydroxylation is 1. The van der Waals surface area contributed by atoms with Gasteiger partial charge in [0.25, 0.3) is 5.91 Å². The fourth-order valence-electron chi connectivity index (χ4n) is 3.28. The van der Waals surface area contributed by atoms with Crippen molar-refractivity contribution < 1.29 is 4.79 Å². The maximum absolute atomic E-state index is 13.2. The standard InChI is InChI=1S/C25H23N3O/c1-17-13-15-20(16-14-17)22-23(28-24(27-22)21-11-7-4-8-12-21)25(29)26-18(2)19-9-5-3-6-10-19/h3-16,18H,1-2H3,(H,26,29)(H,27,28). The largest absolute Gasteiger partial charge is 0.344 e. The Morgan fingerprint density at radius 1 is 0.862 bits per heavy atom. The molecule has 144 valence electrons. The first-order chi connectivity index (χ1) is 14.1. The molecule has 29 heavy (non-hydrogen) atoms. The Morgan fingerprint density at radius 2 is 1.48 bits per heavy atom. The second-order valence-electron chi connectivity index (χ2n) is 7.15. The van der Waals surface area contributed by atoms with E-state index < -0.39 is 0 Å². The summed E-state index contributed by atoms with van der Waals surface area (Å²) in [6.45, 7) is 4.02. The van der Waals surface area contributed by atoms with Crippen molar-refractivity contribution in [1.82, 2.24) is 15.3 Å². The molecule has 2 N–H and O–H groups in total. The first-order valence-corrected chi connectivity index (χ1v) is 9.70. The molecule has 0 spiro atoms. The summed E-state index contributed by atoms with van der Waals surface area (Å²) in [5, 5.41) is 3.09. The van der Waals surface area contributed by atoms with Crippen LogP contribution in [0.2, 0.25) is 0 Å². The normalized spacial score (nSPS) is 11.8. The third kappa shape index (κ3) is 4.11. The van der Waals surface area contributed by atoms with Gasteiger partial charge in [-0.25, -0.2) is 4.98 Å². The predicted molar refractivity (Wildman–Crippen MR) is 117 cm³/mol. The number of aromatic amines is 1. The lowest BCUT2D eigenvalue weighted by Crippen LogP contribution is -2.27. The van der Waals surface area contributed by atoms with Crippen LogP contribution >= 0.6 is 0 Å². The zero-order chi connectivity index (χ0) is 20.2. The third-order valence-corrected chi connectivity index (χ3v) is 4.95. The highest BCUT2D eigenvalue weighted by molar-refractivity contribution is 5.99. The van der Waals surface area contributed by atoms with E-state index in [1.54, 1.807) is 0 Å². The van der Waals surface area contributed by atoms with Gasteiger partial charge in [0.15, 0.2) is 0 Å². The number of imidazole rings is 1. The van der Waals surface area contributed by atoms with Gasteiger partial charge in [-0.15, -0.1) is 0 Å². The highest BCUT2D eigenvalue weighted by Gasteiger charge is 2.21. The lowest BCUT2D eigenvalue weighted by Gasteiger charge is -2.14. The smallest absolute Gasteiger partial charge is 0.270 e. The zero-order valence-corrected chi connectivity index (χ0v) is 16.5. The van der Waals surface area contributed by atoms with Gasteiger partial charge >= 0.3 is 0 Å². The molecule has 0 aliphatic rings. The molecule has 1 aromatic heterocycles. The van der Waals surface area contributed by atoms with E-state index in [0.29, 0.717) is 17.2 Å². The molecule has 0 fully saturated rings. The minimum Gasteiger partial charge on any atom is -0.344 e. The molecule has 4 heteroatoms. The molecule has 1 unspecified atom stereocenters. The van der Waals surface area contributed by atoms with Crippen LogP contribution in [0.25, 0.3) is 22.6 Å². The van der Waals surface area contributed by atoms with Crippen LogP contribution in [0.15, 0.2) is 84.9 Å². The number of hydrogen-bond acceptors (Lipinski definition) is 2. The zero-order valence-electron chi connectivity index (χ0n) is 16.5. The van der Waals surface area contributed by atoms with Crippen molar-refractivity contribution in [2.45, 2.75) is 19.9 Å². The monoisotopic (exact) mass is 381 g/mol. The molecule has 1 amide bonds. The fourth-order valence-corrected chi connectivity index (χ4v) is 3.28. The summed E-state index contributed by atoms with van der Waals surface area (Å²) in [4.78, 5) is 21.2. The van der Waals surface area contributed by atoms with Crippen LogP contribution in [-0.2, 0) is 0 Å². The molecule has 1 heterocycles. The Morgan fingerprint density at radius 3 is 2.14 bits per heavy atom. The van der Waals surface area contributed by atoms with Gasteiger partial charge in [-0.1, -0.05) is 90.5 Å². The van der Waals surface area contributed by atoms with E-state index in [-0.39, 0.29) is 11.9 Å². The van der Waals surface area contributed by atoms with E-state index in [4.69, 9.17) is 4.98 Å². The predicted octanol–water partition coefficient (Wildman–Crippen LogP) is 5.54. The Kier molecular flexibility index (Phi) is 5.25. The number of benzene rings is 3. The molecule has 3 aromatic carbocycles. The first kappa shape index (κ1) is 18.7. The van der Waals surface area contributed by atoms with Crippen LogP contribution in [0, 0.1) is 6.92 Å². The van der Waals surface area contributed by atoms with Crippen LogP contribution in [0.4, 0.5) is 0 Å². The van der Waals surface area contributed by atoms with Gasteiger partial charge in [-0.3, -0.25) is 4.79 Å². The summed E-state index contributed by atoms with van der Waals surface area (Å²) in [5.41, 5.74) is 5.19. The molecule has 0 bridgehead atoms. The number of carbonyl (C=O) groups excluding carboxylic acids is 1. The molecule has 4 nitrogen and oxygen atoms in total. The maximum atomic E-state index is 13.2. The van der Waals surface area contributed by atoms with Crippen LogP contribution in [0.5, 0.6) is 0 Å². The lowest BCUT2D eigenvalue weighted by atomic mass is 10.1. The number of amides is 1. The molecule has 0 aliphatic carbocycles. The summed E-state index contributed by atoms with van der Waals surface area (Å²) >= 11 is 0. The van der Waals surface area contributed by atoms with Gasteiger partial charge in [-0.05, 0) is 19.4 Å². The molecule has 0 aliphatic heterocycles. The molecule has 0 saturated carbocycles. The first-order valence-electron chi connectivity index (χ1n) is 9.70. The van der Waals surface area contributed by atoms with Crippen molar-refractivity contribution in [2.24, 2.45) is 0 Å². The number of aromatic nitrogens is 2. The second kappa shape index (κ2) is 8.15. The Hall–Kier alpha value is -3.66. The van der Waals surface area contributed by atoms with E-state index in [9.17, 15) is 4.79 Å². The second-order valence-corrected chi connectivity index (χ2v) is 7.15. The van der Waals surface area contributed by atoms with E-state index in [2.05, 4.69) is 10.3 Å². The van der Waals surface area contributed by atoms with Crippen molar-refractivity contribution in [3.8, 4) is 22.6 Å². The average molecular weight is 381 g/mol. The number of nitrogens with zero attached hydrogens (tertiary/aromatic N) is 1. The van der Waals surface area contributed by atoms with Gasteiger partial charge in [-0.2, -0.15) is 0 Å². The fraction of sp³-hybridized carbons (Fsp3) is 0.120. The summed E-state index contributed by atoms with van der Waals surface area (Å²) in [6.07, 6.45) is 0. The van der Waals surface area contributed by atoms with Crippen LogP contribution in [-0.4, -0.2) is 15.9 Å². The van der Waals surface area contributed by atoms with E-state index in [1.807, 2.05) is 98.8 Å². The van der Waals surface area contributed by atoms with Crippen molar-refractivity contribution in [2.75, 3.05) is 0 Å². The highest BCUT2D eigenvalue weighted by Crippen LogP contribution is 2.27. The third-order valence-electron chi connectivity index (χ3n) is 4.95. The Balaban J connectivity index is 1.71. The highest BCUT2D eigenvalue weighted by atomic mass is 16.2. The SMILES string of the molecule is Cc1ccc(-c2nc(-c3ccccc3)[nH]c2C(=O)NC(C)c2ccccc2)cc1. The van der Waals surface area contributed by atoms with E-state index >= 15 is 0 Å². The molecule has 0 radical (unpaired) electrons. The molecule has 4 aromatic rings. The van der Waals surface area contributed by atoms with Crippen molar-refractivity contribution in [3.05, 3.63) is 102 Å². The number of H-pyrrole nitrogens is 1. The lowest BCUT2D eigenvalue weighted by molar-refractivity contribution is 0.0936. The van der Waals surface area contributed by atoms with Gasteiger partial charge in [0, 0.05) is 11.1 Å². The van der Waals surface area contributed by atoms with Crippen molar-refractivity contribution in [3.63, 3.8) is 0 Å². The average Bonchev–Trinajstić information content (AvgIpc) is 3.21. The van der Waals surface area contributed by atoms with Gasteiger partial charge in [0.2, 0.25) is 0 Å². The number of nitrogens with one attached hydrogen (secondary N) is 2. The quantitative estimate of drug-likeness (QED) is 0.477. The van der Waals surface area contributed by atoms with Crippen LogP contribution in [0.3, 0.4) is 0 Å². The minimum atomic E-state index is -0.174. The van der Waals surface area contributed by atoms with E-state index in [0.717, 1.165) is 22.3 Å². The molecule has 0 saturated heterocycles. The van der Waals surface area contributed by atoms with Gasteiger partial charge in [0.1, 0.15) is 17.2 Å². The number of hydrogen-bond donors (Lipinski definition) is 2. The molecular weight excluding hydrogens is 358 g/mol. The minimum absolute atomic E-state index is 0.113. The van der Waals surface area contributed by atoms with Crippen LogP contribution < -0.4 is 5.32 Å². The van der Waals surface area contributed by atoms with Crippen molar-refractivity contribution in [1.29, 1.82) is 0 Å². The summed E-state index contributed by atoms with van der Waals surface area (Å²) in [6, 6.07) is 27.7. The molecule has 1 atom stereocenters. The molecule has 4 rings (SSSR count). The van der Waals surface area contributed by atoms with Gasteiger partial charge < -0.3 is 10.3 Å².